The van der Waals surface area contributed by atoms with Gasteiger partial charge in [0.05, 0.1) is 4.75 Å². The Balaban J connectivity index is 3.06. The van der Waals surface area contributed by atoms with Gasteiger partial charge in [0.15, 0.2) is 9.84 Å². The number of hydrogen-bond acceptors (Lipinski definition) is 4. The molecule has 0 amide bonds. The molecule has 0 bridgehead atoms. The zero-order valence-electron chi connectivity index (χ0n) is 9.57. The lowest BCUT2D eigenvalue weighted by atomic mass is 9.97. The SMILES string of the molecule is CCS(=O)(=O)[C@@]1(CN)C[C@H](CN)C[C@@H]1C. The zero-order chi connectivity index (χ0) is 11.7. The second-order valence-corrected chi connectivity index (χ2v) is 7.23. The molecular weight excluding hydrogens is 212 g/mol. The maximum Gasteiger partial charge on any atom is 0.157 e. The second-order valence-electron chi connectivity index (χ2n) is 4.61. The summed E-state index contributed by atoms with van der Waals surface area (Å²) in [4.78, 5) is 0. The molecule has 90 valence electrons. The monoisotopic (exact) mass is 234 g/mol. The maximum atomic E-state index is 12.1. The molecule has 0 spiro atoms. The molecular formula is C10H22N2O2S. The fourth-order valence-electron chi connectivity index (χ4n) is 2.80. The molecule has 5 heteroatoms. The summed E-state index contributed by atoms with van der Waals surface area (Å²) in [7, 11) is -3.08. The molecule has 1 rings (SSSR count). The van der Waals surface area contributed by atoms with E-state index in [0.29, 0.717) is 18.9 Å². The van der Waals surface area contributed by atoms with Crippen LogP contribution in [0.4, 0.5) is 0 Å². The summed E-state index contributed by atoms with van der Waals surface area (Å²) < 4.78 is 23.5. The summed E-state index contributed by atoms with van der Waals surface area (Å²) in [5.74, 6) is 0.608. The quantitative estimate of drug-likeness (QED) is 0.723. The second kappa shape index (κ2) is 4.39. The highest BCUT2D eigenvalue weighted by atomic mass is 32.2. The number of rotatable bonds is 4. The highest BCUT2D eigenvalue weighted by molar-refractivity contribution is 7.92. The van der Waals surface area contributed by atoms with Gasteiger partial charge in [-0.3, -0.25) is 0 Å². The van der Waals surface area contributed by atoms with Gasteiger partial charge in [0, 0.05) is 12.3 Å². The van der Waals surface area contributed by atoms with E-state index in [1.165, 1.54) is 0 Å². The van der Waals surface area contributed by atoms with Crippen molar-refractivity contribution in [2.24, 2.45) is 23.3 Å². The number of nitrogens with two attached hydrogens (primary N) is 2. The van der Waals surface area contributed by atoms with Gasteiger partial charge in [-0.2, -0.15) is 0 Å². The van der Waals surface area contributed by atoms with Crippen LogP contribution in [0.2, 0.25) is 0 Å². The van der Waals surface area contributed by atoms with Gasteiger partial charge in [-0.15, -0.1) is 0 Å². The molecule has 1 fully saturated rings. The van der Waals surface area contributed by atoms with Crippen molar-refractivity contribution in [1.82, 2.24) is 0 Å². The Morgan fingerprint density at radius 2 is 2.00 bits per heavy atom. The number of hydrogen-bond donors (Lipinski definition) is 2. The van der Waals surface area contributed by atoms with Crippen molar-refractivity contribution in [3.05, 3.63) is 0 Å². The van der Waals surface area contributed by atoms with Crippen LogP contribution in [0.5, 0.6) is 0 Å². The van der Waals surface area contributed by atoms with Crippen LogP contribution in [0, 0.1) is 11.8 Å². The molecule has 0 aromatic carbocycles. The van der Waals surface area contributed by atoms with Crippen molar-refractivity contribution in [3.63, 3.8) is 0 Å². The van der Waals surface area contributed by atoms with Crippen LogP contribution in [0.1, 0.15) is 26.7 Å². The molecule has 1 aliphatic carbocycles. The Morgan fingerprint density at radius 3 is 2.33 bits per heavy atom. The van der Waals surface area contributed by atoms with Gasteiger partial charge in [0.1, 0.15) is 0 Å². The standard InChI is InChI=1S/C10H22N2O2S/c1-3-15(13,14)10(7-12)5-9(6-11)4-8(10)2/h8-9H,3-7,11-12H2,1-2H3/t8-,9+,10+/m0/s1. The van der Waals surface area contributed by atoms with Crippen LogP contribution in [0.15, 0.2) is 0 Å². The molecule has 0 aliphatic heterocycles. The lowest BCUT2D eigenvalue weighted by Crippen LogP contribution is -2.48. The van der Waals surface area contributed by atoms with Crippen molar-refractivity contribution in [2.45, 2.75) is 31.4 Å². The van der Waals surface area contributed by atoms with Gasteiger partial charge in [-0.05, 0) is 31.2 Å². The Kier molecular flexibility index (Phi) is 3.79. The Labute approximate surface area is 92.3 Å². The van der Waals surface area contributed by atoms with E-state index in [4.69, 9.17) is 11.5 Å². The third kappa shape index (κ3) is 1.92. The summed E-state index contributed by atoms with van der Waals surface area (Å²) in [6.07, 6.45) is 1.52. The first-order valence-electron chi connectivity index (χ1n) is 5.56. The largest absolute Gasteiger partial charge is 0.330 e. The first kappa shape index (κ1) is 12.9. The van der Waals surface area contributed by atoms with Crippen molar-refractivity contribution in [1.29, 1.82) is 0 Å². The summed E-state index contributed by atoms with van der Waals surface area (Å²) in [6, 6.07) is 0. The van der Waals surface area contributed by atoms with E-state index in [-0.39, 0.29) is 18.2 Å². The van der Waals surface area contributed by atoms with Gasteiger partial charge in [0.25, 0.3) is 0 Å². The van der Waals surface area contributed by atoms with Gasteiger partial charge in [0.2, 0.25) is 0 Å². The van der Waals surface area contributed by atoms with Gasteiger partial charge < -0.3 is 11.5 Å². The summed E-state index contributed by atoms with van der Waals surface area (Å²) in [5.41, 5.74) is 11.3. The summed E-state index contributed by atoms with van der Waals surface area (Å²) in [5, 5.41) is 0. The van der Waals surface area contributed by atoms with E-state index >= 15 is 0 Å². The van der Waals surface area contributed by atoms with Crippen LogP contribution >= 0.6 is 0 Å². The molecule has 3 atom stereocenters. The van der Waals surface area contributed by atoms with Crippen molar-refractivity contribution < 1.29 is 8.42 Å². The Morgan fingerprint density at radius 1 is 1.40 bits per heavy atom. The minimum atomic E-state index is -3.08. The zero-order valence-corrected chi connectivity index (χ0v) is 10.4. The lowest BCUT2D eigenvalue weighted by molar-refractivity contribution is 0.433. The molecule has 0 heterocycles. The van der Waals surface area contributed by atoms with E-state index in [0.717, 1.165) is 6.42 Å². The van der Waals surface area contributed by atoms with E-state index in [9.17, 15) is 8.42 Å². The molecule has 15 heavy (non-hydrogen) atoms. The fraction of sp³-hybridized carbons (Fsp3) is 1.00. The van der Waals surface area contributed by atoms with E-state index in [1.54, 1.807) is 6.92 Å². The fourth-order valence-corrected chi connectivity index (χ4v) is 4.83. The van der Waals surface area contributed by atoms with Crippen molar-refractivity contribution >= 4 is 9.84 Å². The molecule has 0 saturated heterocycles. The topological polar surface area (TPSA) is 86.2 Å². The average molecular weight is 234 g/mol. The number of sulfone groups is 1. The highest BCUT2D eigenvalue weighted by Crippen LogP contribution is 2.44. The minimum absolute atomic E-state index is 0.126. The van der Waals surface area contributed by atoms with Crippen LogP contribution in [-0.4, -0.2) is 32.0 Å². The maximum absolute atomic E-state index is 12.1. The molecule has 4 nitrogen and oxygen atoms in total. The summed E-state index contributed by atoms with van der Waals surface area (Å²) >= 11 is 0. The smallest absolute Gasteiger partial charge is 0.157 e. The van der Waals surface area contributed by atoms with Crippen LogP contribution in [0.25, 0.3) is 0 Å². The molecule has 4 N–H and O–H groups in total. The van der Waals surface area contributed by atoms with Crippen molar-refractivity contribution in [2.75, 3.05) is 18.8 Å². The van der Waals surface area contributed by atoms with Gasteiger partial charge in [-0.25, -0.2) is 8.42 Å². The van der Waals surface area contributed by atoms with Gasteiger partial charge >= 0.3 is 0 Å². The Hall–Kier alpha value is -0.130. The normalized spacial score (nSPS) is 37.1. The third-order valence-corrected chi connectivity index (χ3v) is 6.63. The van der Waals surface area contributed by atoms with E-state index in [2.05, 4.69) is 0 Å². The first-order chi connectivity index (χ1) is 6.93. The predicted molar refractivity (Wildman–Crippen MR) is 62.2 cm³/mol. The predicted octanol–water partition coefficient (Wildman–Crippen LogP) is 0.123. The first-order valence-corrected chi connectivity index (χ1v) is 7.21. The van der Waals surface area contributed by atoms with Crippen molar-refractivity contribution in [3.8, 4) is 0 Å². The Bertz CT molecular complexity index is 315. The molecule has 1 aliphatic rings. The van der Waals surface area contributed by atoms with Crippen LogP contribution in [-0.2, 0) is 9.84 Å². The lowest BCUT2D eigenvalue weighted by Gasteiger charge is -2.31. The molecule has 1 saturated carbocycles. The minimum Gasteiger partial charge on any atom is -0.330 e. The van der Waals surface area contributed by atoms with Crippen LogP contribution < -0.4 is 11.5 Å². The van der Waals surface area contributed by atoms with Gasteiger partial charge in [-0.1, -0.05) is 13.8 Å². The summed E-state index contributed by atoms with van der Waals surface area (Å²) in [6.45, 7) is 4.46. The highest BCUT2D eigenvalue weighted by Gasteiger charge is 2.51. The van der Waals surface area contributed by atoms with E-state index < -0.39 is 14.6 Å². The van der Waals surface area contributed by atoms with E-state index in [1.807, 2.05) is 6.92 Å². The molecule has 0 unspecified atom stereocenters. The third-order valence-electron chi connectivity index (χ3n) is 3.90. The molecule has 0 aromatic heterocycles. The van der Waals surface area contributed by atoms with Crippen LogP contribution in [0.3, 0.4) is 0 Å². The average Bonchev–Trinajstić information content (AvgIpc) is 2.56. The molecule has 0 aromatic rings. The molecule has 0 radical (unpaired) electrons.